The molecule has 2 aromatic heterocycles. The second-order valence-electron chi connectivity index (χ2n) is 6.72. The predicted molar refractivity (Wildman–Crippen MR) is 105 cm³/mol. The molecule has 0 fully saturated rings. The lowest BCUT2D eigenvalue weighted by Crippen LogP contribution is -1.85. The van der Waals surface area contributed by atoms with Crippen LogP contribution in [-0.4, -0.2) is 9.38 Å². The van der Waals surface area contributed by atoms with Crippen LogP contribution < -0.4 is 0 Å². The van der Waals surface area contributed by atoms with Gasteiger partial charge in [-0.05, 0) is 79.9 Å². The van der Waals surface area contributed by atoms with Crippen LogP contribution in [0, 0.1) is 26.6 Å². The highest BCUT2D eigenvalue weighted by atomic mass is 19.1. The van der Waals surface area contributed by atoms with Crippen LogP contribution in [0.1, 0.15) is 16.7 Å². The number of aryl methyl sites for hydroxylation is 3. The van der Waals surface area contributed by atoms with E-state index >= 15 is 0 Å². The summed E-state index contributed by atoms with van der Waals surface area (Å²) in [5.41, 5.74) is 6.39. The first-order chi connectivity index (χ1) is 13.0. The minimum Gasteiger partial charge on any atom is -0.282 e. The van der Waals surface area contributed by atoms with Gasteiger partial charge in [0.15, 0.2) is 5.82 Å². The minimum atomic E-state index is -0.280. The zero-order chi connectivity index (χ0) is 19.0. The first-order valence-corrected chi connectivity index (χ1v) is 8.75. The number of hydrogen-bond acceptors (Lipinski definition) is 3. The normalized spacial score (nSPS) is 11.6. The first kappa shape index (κ1) is 17.1. The number of benzene rings is 2. The van der Waals surface area contributed by atoms with Crippen LogP contribution in [0.2, 0.25) is 0 Å². The van der Waals surface area contributed by atoms with E-state index < -0.39 is 0 Å². The molecule has 0 saturated carbocycles. The van der Waals surface area contributed by atoms with Crippen LogP contribution in [0.4, 0.5) is 15.9 Å². The molecule has 2 heterocycles. The van der Waals surface area contributed by atoms with E-state index in [0.717, 1.165) is 33.6 Å². The number of hydrogen-bond donors (Lipinski definition) is 0. The molecule has 0 aliphatic rings. The summed E-state index contributed by atoms with van der Waals surface area (Å²) in [7, 11) is 0. The van der Waals surface area contributed by atoms with Crippen LogP contribution in [0.15, 0.2) is 71.0 Å². The molecule has 0 atom stereocenters. The Hall–Kier alpha value is -3.34. The maximum Gasteiger partial charge on any atom is 0.187 e. The van der Waals surface area contributed by atoms with Crippen molar-refractivity contribution in [2.24, 2.45) is 10.2 Å². The van der Waals surface area contributed by atoms with Gasteiger partial charge < -0.3 is 0 Å². The number of nitrogens with zero attached hydrogens (tertiary/aromatic N) is 4. The highest BCUT2D eigenvalue weighted by Gasteiger charge is 2.15. The van der Waals surface area contributed by atoms with Crippen LogP contribution in [0.3, 0.4) is 0 Å². The highest BCUT2D eigenvalue weighted by molar-refractivity contribution is 5.75. The maximum absolute atomic E-state index is 13.3. The lowest BCUT2D eigenvalue weighted by atomic mass is 10.1. The number of azo groups is 1. The Bertz CT molecular complexity index is 1140. The van der Waals surface area contributed by atoms with Crippen LogP contribution in [0.25, 0.3) is 16.9 Å². The van der Waals surface area contributed by atoms with Gasteiger partial charge in [-0.1, -0.05) is 12.1 Å². The molecular weight excluding hydrogens is 339 g/mol. The van der Waals surface area contributed by atoms with E-state index in [1.807, 2.05) is 55.6 Å². The van der Waals surface area contributed by atoms with Crippen molar-refractivity contribution >= 4 is 17.2 Å². The number of aromatic nitrogens is 2. The third-order valence-corrected chi connectivity index (χ3v) is 4.40. The Morgan fingerprint density at radius 1 is 0.889 bits per heavy atom. The van der Waals surface area contributed by atoms with Gasteiger partial charge in [0, 0.05) is 11.8 Å². The molecule has 0 radical (unpaired) electrons. The summed E-state index contributed by atoms with van der Waals surface area (Å²) in [6.07, 6.45) is 1.91. The number of fused-ring (bicyclic) bond motifs is 1. The summed E-state index contributed by atoms with van der Waals surface area (Å²) in [6.45, 7) is 6.07. The Kier molecular flexibility index (Phi) is 4.28. The Morgan fingerprint density at radius 2 is 1.59 bits per heavy atom. The van der Waals surface area contributed by atoms with E-state index in [9.17, 15) is 4.39 Å². The van der Waals surface area contributed by atoms with Gasteiger partial charge >= 0.3 is 0 Å². The van der Waals surface area contributed by atoms with Crippen molar-refractivity contribution in [3.8, 4) is 11.3 Å². The van der Waals surface area contributed by atoms with E-state index in [1.165, 1.54) is 12.1 Å². The molecule has 0 saturated heterocycles. The number of halogens is 1. The molecule has 0 spiro atoms. The van der Waals surface area contributed by atoms with E-state index in [0.29, 0.717) is 11.5 Å². The topological polar surface area (TPSA) is 42.0 Å². The van der Waals surface area contributed by atoms with Gasteiger partial charge in [0.1, 0.15) is 17.2 Å². The van der Waals surface area contributed by atoms with Crippen LogP contribution >= 0.6 is 0 Å². The second kappa shape index (κ2) is 6.76. The monoisotopic (exact) mass is 358 g/mol. The summed E-state index contributed by atoms with van der Waals surface area (Å²) in [4.78, 5) is 4.75. The quantitative estimate of drug-likeness (QED) is 0.386. The van der Waals surface area contributed by atoms with Crippen molar-refractivity contribution in [1.82, 2.24) is 9.38 Å². The molecule has 27 heavy (non-hydrogen) atoms. The van der Waals surface area contributed by atoms with Gasteiger partial charge in [0.2, 0.25) is 0 Å². The largest absolute Gasteiger partial charge is 0.282 e. The predicted octanol–water partition coefficient (Wildman–Crippen LogP) is 6.48. The smallest absolute Gasteiger partial charge is 0.187 e. The van der Waals surface area contributed by atoms with E-state index in [-0.39, 0.29) is 5.82 Å². The molecule has 0 bridgehead atoms. The molecule has 4 rings (SSSR count). The minimum absolute atomic E-state index is 0.280. The summed E-state index contributed by atoms with van der Waals surface area (Å²) in [6, 6.07) is 16.3. The van der Waals surface area contributed by atoms with Crippen molar-refractivity contribution in [2.45, 2.75) is 20.8 Å². The van der Waals surface area contributed by atoms with Crippen molar-refractivity contribution < 1.29 is 4.39 Å². The van der Waals surface area contributed by atoms with Gasteiger partial charge in [-0.3, -0.25) is 4.40 Å². The van der Waals surface area contributed by atoms with E-state index in [4.69, 9.17) is 4.98 Å². The Balaban J connectivity index is 1.89. The highest BCUT2D eigenvalue weighted by Crippen LogP contribution is 2.33. The third kappa shape index (κ3) is 3.36. The van der Waals surface area contributed by atoms with Crippen LogP contribution in [-0.2, 0) is 0 Å². The molecule has 4 nitrogen and oxygen atoms in total. The molecule has 2 aromatic carbocycles. The molecule has 0 aliphatic carbocycles. The van der Waals surface area contributed by atoms with Crippen molar-refractivity contribution in [3.63, 3.8) is 0 Å². The SMILES string of the molecule is Cc1cc(C)cc(N=Nc2c(-c3ccc(F)cc3)nc3c(C)cccn23)c1. The molecule has 0 amide bonds. The summed E-state index contributed by atoms with van der Waals surface area (Å²) >= 11 is 0. The summed E-state index contributed by atoms with van der Waals surface area (Å²) < 4.78 is 15.3. The molecule has 5 heteroatoms. The Labute approximate surface area is 157 Å². The zero-order valence-electron chi connectivity index (χ0n) is 15.4. The second-order valence-corrected chi connectivity index (χ2v) is 6.72. The zero-order valence-corrected chi connectivity index (χ0v) is 15.4. The van der Waals surface area contributed by atoms with Gasteiger partial charge in [0.05, 0.1) is 5.69 Å². The number of rotatable bonds is 3. The fourth-order valence-corrected chi connectivity index (χ4v) is 3.20. The van der Waals surface area contributed by atoms with E-state index in [2.05, 4.69) is 16.3 Å². The average molecular weight is 358 g/mol. The summed E-state index contributed by atoms with van der Waals surface area (Å²) in [5, 5.41) is 8.96. The molecule has 134 valence electrons. The van der Waals surface area contributed by atoms with Crippen LogP contribution in [0.5, 0.6) is 0 Å². The van der Waals surface area contributed by atoms with Crippen molar-refractivity contribution in [2.75, 3.05) is 0 Å². The first-order valence-electron chi connectivity index (χ1n) is 8.75. The van der Waals surface area contributed by atoms with Crippen molar-refractivity contribution in [3.05, 3.63) is 83.3 Å². The standard InChI is InChI=1S/C22H19FN4/c1-14-11-15(2)13-19(12-14)25-26-22-20(17-6-8-18(23)9-7-17)24-21-16(3)5-4-10-27(21)22/h4-13H,1-3H3. The molecular formula is C22H19FN4. The molecule has 0 unspecified atom stereocenters. The molecule has 4 aromatic rings. The number of imidazole rings is 1. The Morgan fingerprint density at radius 3 is 2.30 bits per heavy atom. The fraction of sp³-hybridized carbons (Fsp3) is 0.136. The van der Waals surface area contributed by atoms with Gasteiger partial charge in [-0.2, -0.15) is 0 Å². The summed E-state index contributed by atoms with van der Waals surface area (Å²) in [5.74, 6) is 0.344. The van der Waals surface area contributed by atoms with Gasteiger partial charge in [0.25, 0.3) is 0 Å². The lowest BCUT2D eigenvalue weighted by Gasteiger charge is -2.01. The average Bonchev–Trinajstić information content (AvgIpc) is 3.00. The third-order valence-electron chi connectivity index (χ3n) is 4.40. The maximum atomic E-state index is 13.3. The van der Waals surface area contributed by atoms with Crippen molar-refractivity contribution in [1.29, 1.82) is 0 Å². The van der Waals surface area contributed by atoms with E-state index in [1.54, 1.807) is 12.1 Å². The molecule has 0 N–H and O–H groups in total. The van der Waals surface area contributed by atoms with Gasteiger partial charge in [-0.25, -0.2) is 9.37 Å². The van der Waals surface area contributed by atoms with Gasteiger partial charge in [-0.15, -0.1) is 10.2 Å². The lowest BCUT2D eigenvalue weighted by molar-refractivity contribution is 0.628. The molecule has 0 aliphatic heterocycles. The fourth-order valence-electron chi connectivity index (χ4n) is 3.20. The number of pyridine rings is 1.